The summed E-state index contributed by atoms with van der Waals surface area (Å²) in [7, 11) is 0. The molecule has 0 aliphatic carbocycles. The van der Waals surface area contributed by atoms with E-state index in [2.05, 4.69) is 30.4 Å². The van der Waals surface area contributed by atoms with Crippen LogP contribution in [-0.2, 0) is 9.47 Å². The third kappa shape index (κ3) is 4.45. The van der Waals surface area contributed by atoms with Crippen LogP contribution in [0.3, 0.4) is 0 Å². The standard InChI is InChI=1S/C19H33N7O4/c1-2-18(13-27,14-28)24-15-21-16(23-17(22-15)26-9-5-20-6-10-26)25-7-3-19(4-8-25)29-11-12-30-19/h20,27-28H,2-14H2,1H3,(H,21,22,23,24). The molecule has 3 aliphatic heterocycles. The molecule has 1 aromatic rings. The molecule has 0 bridgehead atoms. The van der Waals surface area contributed by atoms with Crippen LogP contribution in [0.5, 0.6) is 0 Å². The smallest absolute Gasteiger partial charge is 0.232 e. The first kappa shape index (κ1) is 21.4. The molecule has 0 atom stereocenters. The van der Waals surface area contributed by atoms with Crippen molar-refractivity contribution in [3.63, 3.8) is 0 Å². The minimum absolute atomic E-state index is 0.217. The van der Waals surface area contributed by atoms with Gasteiger partial charge in [-0.2, -0.15) is 15.0 Å². The lowest BCUT2D eigenvalue weighted by molar-refractivity contribution is -0.169. The zero-order chi connectivity index (χ0) is 21.0. The molecule has 1 spiro atoms. The summed E-state index contributed by atoms with van der Waals surface area (Å²) in [6.07, 6.45) is 2.05. The number of aromatic nitrogens is 3. The van der Waals surface area contributed by atoms with Crippen molar-refractivity contribution in [3.05, 3.63) is 0 Å². The average molecular weight is 424 g/mol. The summed E-state index contributed by atoms with van der Waals surface area (Å²) < 4.78 is 11.7. The van der Waals surface area contributed by atoms with Crippen LogP contribution in [0, 0.1) is 0 Å². The molecule has 0 saturated carbocycles. The molecule has 1 aromatic heterocycles. The molecule has 168 valence electrons. The second-order valence-corrected chi connectivity index (χ2v) is 8.17. The molecule has 4 rings (SSSR count). The van der Waals surface area contributed by atoms with Crippen molar-refractivity contribution in [1.29, 1.82) is 0 Å². The Morgan fingerprint density at radius 2 is 1.53 bits per heavy atom. The van der Waals surface area contributed by atoms with E-state index in [0.29, 0.717) is 37.5 Å². The summed E-state index contributed by atoms with van der Waals surface area (Å²) in [5.74, 6) is 1.11. The van der Waals surface area contributed by atoms with Gasteiger partial charge in [-0.1, -0.05) is 6.92 Å². The summed E-state index contributed by atoms with van der Waals surface area (Å²) in [5.41, 5.74) is -0.878. The van der Waals surface area contributed by atoms with E-state index in [4.69, 9.17) is 14.5 Å². The minimum Gasteiger partial charge on any atom is -0.394 e. The van der Waals surface area contributed by atoms with Crippen molar-refractivity contribution < 1.29 is 19.7 Å². The van der Waals surface area contributed by atoms with Crippen LogP contribution in [0.15, 0.2) is 0 Å². The number of piperidine rings is 1. The topological polar surface area (TPSA) is 128 Å². The van der Waals surface area contributed by atoms with Gasteiger partial charge in [-0.15, -0.1) is 0 Å². The van der Waals surface area contributed by atoms with Gasteiger partial charge in [-0.05, 0) is 6.42 Å². The van der Waals surface area contributed by atoms with Gasteiger partial charge in [0.05, 0.1) is 32.0 Å². The van der Waals surface area contributed by atoms with Gasteiger partial charge in [-0.3, -0.25) is 0 Å². The summed E-state index contributed by atoms with van der Waals surface area (Å²) in [6, 6.07) is 0. The van der Waals surface area contributed by atoms with Crippen LogP contribution in [0.25, 0.3) is 0 Å². The minimum atomic E-state index is -0.878. The molecule has 0 radical (unpaired) electrons. The first-order valence-electron chi connectivity index (χ1n) is 10.9. The molecule has 11 nitrogen and oxygen atoms in total. The number of rotatable bonds is 7. The first-order valence-corrected chi connectivity index (χ1v) is 10.9. The Kier molecular flexibility index (Phi) is 6.54. The Labute approximate surface area is 176 Å². The fourth-order valence-electron chi connectivity index (χ4n) is 4.07. The van der Waals surface area contributed by atoms with Gasteiger partial charge < -0.3 is 40.1 Å². The molecular weight excluding hydrogens is 390 g/mol. The molecule has 3 fully saturated rings. The van der Waals surface area contributed by atoms with Gasteiger partial charge in [0.1, 0.15) is 0 Å². The Balaban J connectivity index is 1.58. The maximum Gasteiger partial charge on any atom is 0.232 e. The zero-order valence-electron chi connectivity index (χ0n) is 17.6. The van der Waals surface area contributed by atoms with E-state index < -0.39 is 11.3 Å². The number of hydrogen-bond donors (Lipinski definition) is 4. The number of aliphatic hydroxyl groups is 2. The van der Waals surface area contributed by atoms with Gasteiger partial charge in [0, 0.05) is 52.1 Å². The summed E-state index contributed by atoms with van der Waals surface area (Å²) >= 11 is 0. The quantitative estimate of drug-likeness (QED) is 0.439. The van der Waals surface area contributed by atoms with E-state index >= 15 is 0 Å². The first-order chi connectivity index (χ1) is 14.6. The van der Waals surface area contributed by atoms with Gasteiger partial charge in [0.15, 0.2) is 5.79 Å². The Morgan fingerprint density at radius 3 is 2.07 bits per heavy atom. The van der Waals surface area contributed by atoms with Crippen LogP contribution < -0.4 is 20.4 Å². The summed E-state index contributed by atoms with van der Waals surface area (Å²) in [6.45, 7) is 7.59. The van der Waals surface area contributed by atoms with Crippen molar-refractivity contribution in [2.45, 2.75) is 37.5 Å². The number of anilines is 3. The van der Waals surface area contributed by atoms with Gasteiger partial charge in [0.2, 0.25) is 17.8 Å². The Morgan fingerprint density at radius 1 is 0.967 bits per heavy atom. The van der Waals surface area contributed by atoms with Crippen molar-refractivity contribution in [2.24, 2.45) is 0 Å². The molecule has 0 amide bonds. The number of ether oxygens (including phenoxy) is 2. The molecule has 4 heterocycles. The van der Waals surface area contributed by atoms with E-state index in [1.807, 2.05) is 6.92 Å². The third-order valence-corrected chi connectivity index (χ3v) is 6.29. The van der Waals surface area contributed by atoms with Crippen LogP contribution in [-0.4, -0.2) is 102 Å². The molecule has 3 aliphatic rings. The van der Waals surface area contributed by atoms with Crippen molar-refractivity contribution in [1.82, 2.24) is 20.3 Å². The average Bonchev–Trinajstić information content (AvgIpc) is 3.26. The highest BCUT2D eigenvalue weighted by Gasteiger charge is 2.40. The molecule has 30 heavy (non-hydrogen) atoms. The van der Waals surface area contributed by atoms with E-state index in [9.17, 15) is 10.2 Å². The number of aliphatic hydroxyl groups excluding tert-OH is 2. The van der Waals surface area contributed by atoms with Gasteiger partial charge >= 0.3 is 0 Å². The molecule has 0 aromatic carbocycles. The highest BCUT2D eigenvalue weighted by atomic mass is 16.7. The Hall–Kier alpha value is -1.79. The second-order valence-electron chi connectivity index (χ2n) is 8.17. The van der Waals surface area contributed by atoms with E-state index in [1.54, 1.807) is 0 Å². The van der Waals surface area contributed by atoms with E-state index in [1.165, 1.54) is 0 Å². The maximum atomic E-state index is 9.84. The third-order valence-electron chi connectivity index (χ3n) is 6.29. The van der Waals surface area contributed by atoms with Crippen LogP contribution in [0.2, 0.25) is 0 Å². The fraction of sp³-hybridized carbons (Fsp3) is 0.842. The van der Waals surface area contributed by atoms with E-state index in [-0.39, 0.29) is 13.2 Å². The largest absolute Gasteiger partial charge is 0.394 e. The van der Waals surface area contributed by atoms with Crippen molar-refractivity contribution >= 4 is 17.8 Å². The predicted molar refractivity (Wildman–Crippen MR) is 112 cm³/mol. The lowest BCUT2D eigenvalue weighted by Gasteiger charge is -2.38. The highest BCUT2D eigenvalue weighted by molar-refractivity contribution is 5.47. The van der Waals surface area contributed by atoms with Crippen LogP contribution in [0.1, 0.15) is 26.2 Å². The molecule has 4 N–H and O–H groups in total. The lowest BCUT2D eigenvalue weighted by Crippen LogP contribution is -2.48. The normalized spacial score (nSPS) is 22.0. The summed E-state index contributed by atoms with van der Waals surface area (Å²) in [4.78, 5) is 18.3. The molecule has 3 saturated heterocycles. The number of hydrogen-bond acceptors (Lipinski definition) is 11. The SMILES string of the molecule is CCC(CO)(CO)Nc1nc(N2CCNCC2)nc(N2CCC3(CC2)OCCO3)n1. The predicted octanol–water partition coefficient (Wildman–Crippen LogP) is -0.830. The number of nitrogens with zero attached hydrogens (tertiary/aromatic N) is 5. The molecule has 11 heteroatoms. The highest BCUT2D eigenvalue weighted by Crippen LogP contribution is 2.33. The van der Waals surface area contributed by atoms with Gasteiger partial charge in [0.25, 0.3) is 0 Å². The fourth-order valence-corrected chi connectivity index (χ4v) is 4.07. The number of nitrogens with one attached hydrogen (secondary N) is 2. The van der Waals surface area contributed by atoms with E-state index in [0.717, 1.165) is 52.1 Å². The number of piperazine rings is 1. The molecular formula is C19H33N7O4. The van der Waals surface area contributed by atoms with Crippen molar-refractivity contribution in [2.75, 3.05) is 80.8 Å². The summed E-state index contributed by atoms with van der Waals surface area (Å²) in [5, 5.41) is 26.2. The van der Waals surface area contributed by atoms with Gasteiger partial charge in [-0.25, -0.2) is 0 Å². The molecule has 0 unspecified atom stereocenters. The maximum absolute atomic E-state index is 9.84. The van der Waals surface area contributed by atoms with Crippen LogP contribution in [0.4, 0.5) is 17.8 Å². The monoisotopic (exact) mass is 423 g/mol. The lowest BCUT2D eigenvalue weighted by atomic mass is 9.99. The zero-order valence-corrected chi connectivity index (χ0v) is 17.6. The Bertz CT molecular complexity index is 688. The van der Waals surface area contributed by atoms with Crippen LogP contribution >= 0.6 is 0 Å². The second kappa shape index (κ2) is 9.15. The van der Waals surface area contributed by atoms with Crippen molar-refractivity contribution in [3.8, 4) is 0 Å².